The molecule has 2 aromatic rings. The summed E-state index contributed by atoms with van der Waals surface area (Å²) in [6.45, 7) is 4.76. The van der Waals surface area contributed by atoms with Crippen molar-refractivity contribution < 1.29 is 9.18 Å². The average molecular weight is 376 g/mol. The maximum atomic E-state index is 13.0. The SMILES string of the molecule is O=C(CCN1CCN(c2ccc(F)cc2)CC1)NCc1ccccc1Cl. The summed E-state index contributed by atoms with van der Waals surface area (Å²) in [5, 5.41) is 3.59. The predicted molar refractivity (Wildman–Crippen MR) is 103 cm³/mol. The Bertz CT molecular complexity index is 730. The molecule has 0 radical (unpaired) electrons. The average Bonchev–Trinajstić information content (AvgIpc) is 2.67. The molecule has 1 amide bonds. The summed E-state index contributed by atoms with van der Waals surface area (Å²) in [6, 6.07) is 14.1. The van der Waals surface area contributed by atoms with Crippen molar-refractivity contribution in [2.24, 2.45) is 0 Å². The molecule has 138 valence electrons. The third-order valence-electron chi connectivity index (χ3n) is 4.65. The second-order valence-corrected chi connectivity index (χ2v) is 6.83. The number of hydrogen-bond donors (Lipinski definition) is 1. The number of carbonyl (C=O) groups excluding carboxylic acids is 1. The zero-order valence-electron chi connectivity index (χ0n) is 14.6. The first-order valence-electron chi connectivity index (χ1n) is 8.85. The lowest BCUT2D eigenvalue weighted by Crippen LogP contribution is -2.47. The Labute approximate surface area is 158 Å². The number of benzene rings is 2. The molecule has 1 heterocycles. The third kappa shape index (κ3) is 5.19. The van der Waals surface area contributed by atoms with Crippen LogP contribution in [0.4, 0.5) is 10.1 Å². The van der Waals surface area contributed by atoms with Gasteiger partial charge in [0.25, 0.3) is 0 Å². The fourth-order valence-electron chi connectivity index (χ4n) is 3.07. The quantitative estimate of drug-likeness (QED) is 0.841. The van der Waals surface area contributed by atoms with Crippen molar-refractivity contribution in [3.63, 3.8) is 0 Å². The van der Waals surface area contributed by atoms with Crippen LogP contribution in [0.15, 0.2) is 48.5 Å². The van der Waals surface area contributed by atoms with Gasteiger partial charge in [-0.3, -0.25) is 9.69 Å². The first-order valence-corrected chi connectivity index (χ1v) is 9.22. The van der Waals surface area contributed by atoms with Gasteiger partial charge in [-0.1, -0.05) is 29.8 Å². The highest BCUT2D eigenvalue weighted by Gasteiger charge is 2.17. The molecule has 6 heteroatoms. The van der Waals surface area contributed by atoms with Crippen LogP contribution in [0.2, 0.25) is 5.02 Å². The number of rotatable bonds is 6. The number of nitrogens with one attached hydrogen (secondary N) is 1. The molecule has 4 nitrogen and oxygen atoms in total. The van der Waals surface area contributed by atoms with E-state index in [0.29, 0.717) is 18.0 Å². The Morgan fingerprint density at radius 1 is 1.04 bits per heavy atom. The van der Waals surface area contributed by atoms with Crippen molar-refractivity contribution in [2.45, 2.75) is 13.0 Å². The predicted octanol–water partition coefficient (Wildman–Crippen LogP) is 3.31. The largest absolute Gasteiger partial charge is 0.369 e. The zero-order chi connectivity index (χ0) is 18.4. The Kier molecular flexibility index (Phi) is 6.47. The van der Waals surface area contributed by atoms with Gasteiger partial charge in [-0.15, -0.1) is 0 Å². The van der Waals surface area contributed by atoms with E-state index in [9.17, 15) is 9.18 Å². The number of piperazine rings is 1. The van der Waals surface area contributed by atoms with E-state index in [-0.39, 0.29) is 11.7 Å². The number of carbonyl (C=O) groups is 1. The lowest BCUT2D eigenvalue weighted by atomic mass is 10.2. The van der Waals surface area contributed by atoms with Crippen molar-refractivity contribution in [1.29, 1.82) is 0 Å². The van der Waals surface area contributed by atoms with Gasteiger partial charge in [0, 0.05) is 56.4 Å². The van der Waals surface area contributed by atoms with E-state index in [1.54, 1.807) is 0 Å². The number of anilines is 1. The van der Waals surface area contributed by atoms with E-state index in [1.807, 2.05) is 36.4 Å². The van der Waals surface area contributed by atoms with Crippen molar-refractivity contribution >= 4 is 23.2 Å². The van der Waals surface area contributed by atoms with Gasteiger partial charge in [0.15, 0.2) is 0 Å². The number of nitrogens with zero attached hydrogens (tertiary/aromatic N) is 2. The minimum atomic E-state index is -0.213. The second kappa shape index (κ2) is 9.01. The minimum absolute atomic E-state index is 0.0332. The smallest absolute Gasteiger partial charge is 0.221 e. The van der Waals surface area contributed by atoms with Crippen molar-refractivity contribution in [3.05, 3.63) is 64.9 Å². The third-order valence-corrected chi connectivity index (χ3v) is 5.02. The normalized spacial score (nSPS) is 15.1. The summed E-state index contributed by atoms with van der Waals surface area (Å²) in [5.74, 6) is -0.180. The molecule has 1 fully saturated rings. The monoisotopic (exact) mass is 375 g/mol. The molecule has 0 aromatic heterocycles. The van der Waals surface area contributed by atoms with E-state index < -0.39 is 0 Å². The number of halogens is 2. The molecular weight excluding hydrogens is 353 g/mol. The number of hydrogen-bond acceptors (Lipinski definition) is 3. The molecule has 2 aromatic carbocycles. The lowest BCUT2D eigenvalue weighted by molar-refractivity contribution is -0.121. The van der Waals surface area contributed by atoms with Crippen LogP contribution in [-0.4, -0.2) is 43.5 Å². The van der Waals surface area contributed by atoms with E-state index in [4.69, 9.17) is 11.6 Å². The lowest BCUT2D eigenvalue weighted by Gasteiger charge is -2.36. The Morgan fingerprint density at radius 2 is 1.73 bits per heavy atom. The fourth-order valence-corrected chi connectivity index (χ4v) is 3.27. The van der Waals surface area contributed by atoms with Gasteiger partial charge in [0.05, 0.1) is 0 Å². The molecule has 0 unspecified atom stereocenters. The van der Waals surface area contributed by atoms with Gasteiger partial charge in [-0.2, -0.15) is 0 Å². The van der Waals surface area contributed by atoms with Gasteiger partial charge >= 0.3 is 0 Å². The fraction of sp³-hybridized carbons (Fsp3) is 0.350. The van der Waals surface area contributed by atoms with Crippen LogP contribution in [0, 0.1) is 5.82 Å². The highest BCUT2D eigenvalue weighted by Crippen LogP contribution is 2.17. The van der Waals surface area contributed by atoms with Crippen LogP contribution in [-0.2, 0) is 11.3 Å². The highest BCUT2D eigenvalue weighted by molar-refractivity contribution is 6.31. The summed E-state index contributed by atoms with van der Waals surface area (Å²) in [4.78, 5) is 16.6. The summed E-state index contributed by atoms with van der Waals surface area (Å²) in [6.07, 6.45) is 0.473. The molecule has 0 atom stereocenters. The van der Waals surface area contributed by atoms with Crippen molar-refractivity contribution in [1.82, 2.24) is 10.2 Å². The van der Waals surface area contributed by atoms with Gasteiger partial charge in [-0.25, -0.2) is 4.39 Å². The first-order chi connectivity index (χ1) is 12.6. The van der Waals surface area contributed by atoms with E-state index in [0.717, 1.165) is 44.0 Å². The maximum Gasteiger partial charge on any atom is 0.221 e. The van der Waals surface area contributed by atoms with Crippen molar-refractivity contribution in [3.8, 4) is 0 Å². The molecular formula is C20H23ClFN3O. The van der Waals surface area contributed by atoms with Crippen LogP contribution in [0.25, 0.3) is 0 Å². The van der Waals surface area contributed by atoms with Crippen LogP contribution >= 0.6 is 11.6 Å². The molecule has 1 aliphatic heterocycles. The van der Waals surface area contributed by atoms with E-state index >= 15 is 0 Å². The maximum absolute atomic E-state index is 13.0. The Hall–Kier alpha value is -2.11. The number of amides is 1. The molecule has 0 aliphatic carbocycles. The summed E-state index contributed by atoms with van der Waals surface area (Å²) < 4.78 is 13.0. The van der Waals surface area contributed by atoms with Crippen LogP contribution in [0.1, 0.15) is 12.0 Å². The van der Waals surface area contributed by atoms with Crippen molar-refractivity contribution in [2.75, 3.05) is 37.6 Å². The summed E-state index contributed by atoms with van der Waals surface area (Å²) in [5.41, 5.74) is 1.97. The molecule has 3 rings (SSSR count). The van der Waals surface area contributed by atoms with Crippen LogP contribution in [0.3, 0.4) is 0 Å². The molecule has 1 N–H and O–H groups in total. The van der Waals surface area contributed by atoms with Gasteiger partial charge < -0.3 is 10.2 Å². The molecule has 0 saturated carbocycles. The summed E-state index contributed by atoms with van der Waals surface area (Å²) >= 11 is 6.09. The minimum Gasteiger partial charge on any atom is -0.369 e. The summed E-state index contributed by atoms with van der Waals surface area (Å²) in [7, 11) is 0. The topological polar surface area (TPSA) is 35.6 Å². The zero-order valence-corrected chi connectivity index (χ0v) is 15.4. The van der Waals surface area contributed by atoms with E-state index in [2.05, 4.69) is 15.1 Å². The first kappa shape index (κ1) is 18.7. The highest BCUT2D eigenvalue weighted by atomic mass is 35.5. The van der Waals surface area contributed by atoms with E-state index in [1.165, 1.54) is 12.1 Å². The van der Waals surface area contributed by atoms with Gasteiger partial charge in [0.2, 0.25) is 5.91 Å². The van der Waals surface area contributed by atoms with Gasteiger partial charge in [-0.05, 0) is 35.9 Å². The Balaban J connectivity index is 1.37. The second-order valence-electron chi connectivity index (χ2n) is 6.42. The molecule has 1 saturated heterocycles. The van der Waals surface area contributed by atoms with Crippen LogP contribution < -0.4 is 10.2 Å². The molecule has 1 aliphatic rings. The molecule has 0 bridgehead atoms. The Morgan fingerprint density at radius 3 is 2.42 bits per heavy atom. The standard InChI is InChI=1S/C20H23ClFN3O/c21-19-4-2-1-3-16(19)15-23-20(26)9-10-24-11-13-25(14-12-24)18-7-5-17(22)6-8-18/h1-8H,9-15H2,(H,23,26). The van der Waals surface area contributed by atoms with Gasteiger partial charge in [0.1, 0.15) is 5.82 Å². The van der Waals surface area contributed by atoms with Crippen LogP contribution in [0.5, 0.6) is 0 Å². The molecule has 0 spiro atoms. The molecule has 26 heavy (non-hydrogen) atoms.